The molecule has 7 nitrogen and oxygen atoms in total. The van der Waals surface area contributed by atoms with Crippen LogP contribution in [-0.2, 0) is 14.3 Å². The highest BCUT2D eigenvalue weighted by molar-refractivity contribution is 5.65. The van der Waals surface area contributed by atoms with Crippen molar-refractivity contribution in [3.8, 4) is 0 Å². The van der Waals surface area contributed by atoms with E-state index in [4.69, 9.17) is 10.5 Å². The molecule has 144 valence electrons. The van der Waals surface area contributed by atoms with Crippen molar-refractivity contribution in [2.45, 2.75) is 77.0 Å². The number of isocyanates is 2. The van der Waals surface area contributed by atoms with Gasteiger partial charge in [0.2, 0.25) is 12.2 Å². The Hall–Kier alpha value is -1.97. The van der Waals surface area contributed by atoms with Crippen LogP contribution in [0, 0.1) is 23.7 Å². The predicted molar refractivity (Wildman–Crippen MR) is 95.9 cm³/mol. The molecule has 2 saturated carbocycles. The van der Waals surface area contributed by atoms with Gasteiger partial charge in [-0.15, -0.1) is 0 Å². The standard InChI is InChI=1S/C19H29N3O4/c1-12-8-14(4-6-16(12)21-10-23)19(3,26-18(20)25)15-5-7-17(22-11-24)13(2)9-15/h12-17H,4-9H2,1-3H3,(H2,20,25). The molecule has 2 N–H and O–H groups in total. The fourth-order valence-corrected chi connectivity index (χ4v) is 5.04. The molecular weight excluding hydrogens is 334 g/mol. The van der Waals surface area contributed by atoms with Crippen molar-refractivity contribution in [3.05, 3.63) is 0 Å². The van der Waals surface area contributed by atoms with Crippen LogP contribution >= 0.6 is 0 Å². The molecule has 0 aromatic heterocycles. The molecule has 7 heteroatoms. The molecule has 0 heterocycles. The number of ether oxygens (including phenoxy) is 1. The summed E-state index contributed by atoms with van der Waals surface area (Å²) in [5.41, 5.74) is 4.74. The van der Waals surface area contributed by atoms with Crippen molar-refractivity contribution in [1.29, 1.82) is 0 Å². The highest BCUT2D eigenvalue weighted by atomic mass is 16.6. The molecule has 2 aliphatic carbocycles. The zero-order valence-corrected chi connectivity index (χ0v) is 15.8. The Morgan fingerprint density at radius 3 is 1.69 bits per heavy atom. The van der Waals surface area contributed by atoms with Gasteiger partial charge in [0.15, 0.2) is 0 Å². The Balaban J connectivity index is 2.19. The summed E-state index contributed by atoms with van der Waals surface area (Å²) < 4.78 is 5.73. The number of aliphatic imine (C=N–C) groups is 2. The summed E-state index contributed by atoms with van der Waals surface area (Å²) in [7, 11) is 0. The molecule has 26 heavy (non-hydrogen) atoms. The van der Waals surface area contributed by atoms with Crippen LogP contribution in [0.4, 0.5) is 4.79 Å². The molecule has 0 aromatic rings. The van der Waals surface area contributed by atoms with Crippen LogP contribution in [-0.4, -0.2) is 35.9 Å². The molecule has 6 unspecified atom stereocenters. The molecule has 1 amide bonds. The minimum atomic E-state index is -0.756. The van der Waals surface area contributed by atoms with Crippen molar-refractivity contribution in [3.63, 3.8) is 0 Å². The quantitative estimate of drug-likeness (QED) is 0.597. The molecular formula is C19H29N3O4. The van der Waals surface area contributed by atoms with Gasteiger partial charge in [0, 0.05) is 0 Å². The van der Waals surface area contributed by atoms with Crippen molar-refractivity contribution in [2.24, 2.45) is 39.4 Å². The highest BCUT2D eigenvalue weighted by Gasteiger charge is 2.49. The highest BCUT2D eigenvalue weighted by Crippen LogP contribution is 2.48. The Morgan fingerprint density at radius 2 is 1.38 bits per heavy atom. The van der Waals surface area contributed by atoms with Gasteiger partial charge in [0.25, 0.3) is 0 Å². The van der Waals surface area contributed by atoms with Crippen molar-refractivity contribution < 1.29 is 19.1 Å². The maximum atomic E-state index is 11.7. The molecule has 2 rings (SSSR count). The second kappa shape index (κ2) is 8.61. The zero-order chi connectivity index (χ0) is 19.3. The van der Waals surface area contributed by atoms with E-state index >= 15 is 0 Å². The van der Waals surface area contributed by atoms with E-state index in [1.165, 1.54) is 0 Å². The summed E-state index contributed by atoms with van der Waals surface area (Å²) in [5, 5.41) is 0. The lowest BCUT2D eigenvalue weighted by atomic mass is 9.63. The lowest BCUT2D eigenvalue weighted by molar-refractivity contribution is -0.0935. The monoisotopic (exact) mass is 363 g/mol. The number of carbonyl (C=O) groups is 1. The first-order valence-electron chi connectivity index (χ1n) is 9.44. The third kappa shape index (κ3) is 4.40. The van der Waals surface area contributed by atoms with Gasteiger partial charge < -0.3 is 10.5 Å². The Morgan fingerprint density at radius 1 is 0.962 bits per heavy atom. The minimum Gasteiger partial charge on any atom is -0.443 e. The molecule has 2 aliphatic rings. The number of amides is 1. The normalized spacial score (nSPS) is 36.7. The smallest absolute Gasteiger partial charge is 0.405 e. The number of hydrogen-bond acceptors (Lipinski definition) is 6. The maximum Gasteiger partial charge on any atom is 0.405 e. The number of carbonyl (C=O) groups excluding carboxylic acids is 3. The lowest BCUT2D eigenvalue weighted by Crippen LogP contribution is -2.52. The summed E-state index contributed by atoms with van der Waals surface area (Å²) in [6.07, 6.45) is 7.42. The summed E-state index contributed by atoms with van der Waals surface area (Å²) in [6, 6.07) is -0.0312. The van der Waals surface area contributed by atoms with E-state index in [9.17, 15) is 14.4 Å². The fourth-order valence-electron chi connectivity index (χ4n) is 5.04. The average molecular weight is 363 g/mol. The lowest BCUT2D eigenvalue weighted by Gasteiger charge is -2.48. The van der Waals surface area contributed by atoms with E-state index in [0.717, 1.165) is 38.5 Å². The van der Waals surface area contributed by atoms with Crippen LogP contribution in [0.5, 0.6) is 0 Å². The number of primary amides is 1. The average Bonchev–Trinajstić information content (AvgIpc) is 2.58. The van der Waals surface area contributed by atoms with Gasteiger partial charge >= 0.3 is 6.09 Å². The van der Waals surface area contributed by atoms with Crippen molar-refractivity contribution >= 4 is 18.3 Å². The molecule has 6 atom stereocenters. The van der Waals surface area contributed by atoms with E-state index in [1.54, 1.807) is 12.2 Å². The van der Waals surface area contributed by atoms with Crippen LogP contribution in [0.15, 0.2) is 9.98 Å². The van der Waals surface area contributed by atoms with Gasteiger partial charge in [0.05, 0.1) is 12.1 Å². The molecule has 0 radical (unpaired) electrons. The summed E-state index contributed by atoms with van der Waals surface area (Å²) in [6.45, 7) is 6.13. The van der Waals surface area contributed by atoms with E-state index in [-0.39, 0.29) is 35.8 Å². The second-order valence-corrected chi connectivity index (χ2v) is 8.15. The minimum absolute atomic E-state index is 0.0156. The second-order valence-electron chi connectivity index (χ2n) is 8.15. The van der Waals surface area contributed by atoms with Crippen LogP contribution in [0.2, 0.25) is 0 Å². The van der Waals surface area contributed by atoms with Gasteiger partial charge in [-0.25, -0.2) is 24.4 Å². The molecule has 0 saturated heterocycles. The van der Waals surface area contributed by atoms with Gasteiger partial charge in [-0.05, 0) is 69.1 Å². The van der Waals surface area contributed by atoms with E-state index in [2.05, 4.69) is 23.8 Å². The molecule has 2 fully saturated rings. The third-order valence-electron chi connectivity index (χ3n) is 6.63. The molecule has 0 aliphatic heterocycles. The van der Waals surface area contributed by atoms with E-state index in [0.29, 0.717) is 0 Å². The van der Waals surface area contributed by atoms with Crippen LogP contribution in [0.25, 0.3) is 0 Å². The third-order valence-corrected chi connectivity index (χ3v) is 6.63. The number of hydrogen-bond donors (Lipinski definition) is 1. The van der Waals surface area contributed by atoms with Gasteiger partial charge in [-0.1, -0.05) is 13.8 Å². The van der Waals surface area contributed by atoms with Crippen molar-refractivity contribution in [1.82, 2.24) is 0 Å². The first-order valence-corrected chi connectivity index (χ1v) is 9.44. The first kappa shape index (κ1) is 20.3. The summed E-state index contributed by atoms with van der Waals surface area (Å²) >= 11 is 0. The largest absolute Gasteiger partial charge is 0.443 e. The van der Waals surface area contributed by atoms with Crippen molar-refractivity contribution in [2.75, 3.05) is 0 Å². The van der Waals surface area contributed by atoms with Gasteiger partial charge in [-0.3, -0.25) is 0 Å². The Kier molecular flexibility index (Phi) is 6.74. The fraction of sp³-hybridized carbons (Fsp3) is 0.842. The van der Waals surface area contributed by atoms with Gasteiger partial charge in [0.1, 0.15) is 5.60 Å². The topological polar surface area (TPSA) is 111 Å². The van der Waals surface area contributed by atoms with Gasteiger partial charge in [-0.2, -0.15) is 0 Å². The summed E-state index contributed by atoms with van der Waals surface area (Å²) in [5.74, 6) is 0.761. The Labute approximate surface area is 154 Å². The summed E-state index contributed by atoms with van der Waals surface area (Å²) in [4.78, 5) is 40.7. The van der Waals surface area contributed by atoms with Crippen LogP contribution in [0.1, 0.15) is 59.3 Å². The van der Waals surface area contributed by atoms with E-state index < -0.39 is 11.7 Å². The SMILES string of the molecule is CC1CC(C(C)(OC(N)=O)C2CCC(N=C=O)C(C)C2)CCC1N=C=O. The Bertz CT molecular complexity index is 568. The van der Waals surface area contributed by atoms with Crippen LogP contribution in [0.3, 0.4) is 0 Å². The maximum absolute atomic E-state index is 11.7. The first-order chi connectivity index (χ1) is 12.3. The predicted octanol–water partition coefficient (Wildman–Crippen LogP) is 3.12. The zero-order valence-electron chi connectivity index (χ0n) is 15.8. The molecule has 0 spiro atoms. The molecule has 0 bridgehead atoms. The number of rotatable bonds is 5. The number of nitrogens with two attached hydrogens (primary N) is 1. The van der Waals surface area contributed by atoms with E-state index in [1.807, 2.05) is 6.92 Å². The number of nitrogens with zero attached hydrogens (tertiary/aromatic N) is 2. The van der Waals surface area contributed by atoms with Crippen LogP contribution < -0.4 is 5.73 Å². The molecule has 0 aromatic carbocycles.